The minimum Gasteiger partial charge on any atom is -0.467 e. The maximum Gasteiger partial charge on any atom is 0.190 e. The van der Waals surface area contributed by atoms with Gasteiger partial charge in [-0.3, -0.25) is 4.99 Å². The Bertz CT molecular complexity index is 666. The number of likely N-dealkylation sites (tertiary alicyclic amines) is 1. The van der Waals surface area contributed by atoms with Crippen molar-refractivity contribution >= 4 is 29.9 Å². The lowest BCUT2D eigenvalue weighted by Gasteiger charge is -2.30. The van der Waals surface area contributed by atoms with E-state index in [2.05, 4.69) is 27.4 Å². The van der Waals surface area contributed by atoms with E-state index in [1.807, 2.05) is 0 Å². The molecule has 2 aliphatic rings. The standard InChI is InChI=1S/C21H33FN4O2.HI/c1-16-5-10-26(11-6-16)9-3-7-24-21(23-2)25-8-4-17-12-19(22)13-18-14-27-15-28-20(17)18;/h12-13,16H,3-11,14-15H2,1-2H3,(H2,23,24,25);1H. The lowest BCUT2D eigenvalue weighted by molar-refractivity contribution is -0.0172. The fraction of sp³-hybridized carbons (Fsp3) is 0.667. The van der Waals surface area contributed by atoms with Crippen molar-refractivity contribution in [1.29, 1.82) is 0 Å². The van der Waals surface area contributed by atoms with Crippen molar-refractivity contribution in [2.75, 3.05) is 46.6 Å². The van der Waals surface area contributed by atoms with Crippen LogP contribution in [0.15, 0.2) is 17.1 Å². The van der Waals surface area contributed by atoms with Gasteiger partial charge in [0.25, 0.3) is 0 Å². The zero-order chi connectivity index (χ0) is 19.8. The van der Waals surface area contributed by atoms with E-state index in [9.17, 15) is 4.39 Å². The zero-order valence-electron chi connectivity index (χ0n) is 17.5. The van der Waals surface area contributed by atoms with E-state index >= 15 is 0 Å². The SMILES string of the molecule is CN=C(NCCCN1CCC(C)CC1)NCCc1cc(F)cc2c1OCOC2.I. The Labute approximate surface area is 190 Å². The van der Waals surface area contributed by atoms with Gasteiger partial charge in [-0.25, -0.2) is 4.39 Å². The van der Waals surface area contributed by atoms with E-state index in [0.29, 0.717) is 19.6 Å². The average molecular weight is 520 g/mol. The number of hydrogen-bond acceptors (Lipinski definition) is 4. The predicted octanol–water partition coefficient (Wildman–Crippen LogP) is 3.14. The smallest absolute Gasteiger partial charge is 0.190 e. The van der Waals surface area contributed by atoms with Crippen molar-refractivity contribution in [2.24, 2.45) is 10.9 Å². The lowest BCUT2D eigenvalue weighted by atomic mass is 9.99. The van der Waals surface area contributed by atoms with Crippen LogP contribution in [0.4, 0.5) is 4.39 Å². The first kappa shape index (κ1) is 24.1. The molecule has 2 heterocycles. The molecule has 29 heavy (non-hydrogen) atoms. The summed E-state index contributed by atoms with van der Waals surface area (Å²) in [5.41, 5.74) is 1.64. The van der Waals surface area contributed by atoms with Gasteiger partial charge in [0.1, 0.15) is 11.6 Å². The van der Waals surface area contributed by atoms with Crippen LogP contribution in [0.3, 0.4) is 0 Å². The summed E-state index contributed by atoms with van der Waals surface area (Å²) in [6.45, 7) is 8.08. The van der Waals surface area contributed by atoms with Crippen LogP contribution in [-0.2, 0) is 17.8 Å². The fourth-order valence-corrected chi connectivity index (χ4v) is 3.77. The molecule has 0 unspecified atom stereocenters. The highest BCUT2D eigenvalue weighted by Gasteiger charge is 2.17. The number of aliphatic imine (C=N–C) groups is 1. The van der Waals surface area contributed by atoms with E-state index in [1.54, 1.807) is 13.1 Å². The number of nitrogens with zero attached hydrogens (tertiary/aromatic N) is 2. The Hall–Kier alpha value is -1.13. The van der Waals surface area contributed by atoms with E-state index < -0.39 is 0 Å². The maximum absolute atomic E-state index is 13.8. The minimum atomic E-state index is -0.252. The van der Waals surface area contributed by atoms with Crippen molar-refractivity contribution in [1.82, 2.24) is 15.5 Å². The number of guanidine groups is 1. The van der Waals surface area contributed by atoms with Crippen LogP contribution >= 0.6 is 24.0 Å². The van der Waals surface area contributed by atoms with Crippen LogP contribution in [0.2, 0.25) is 0 Å². The molecule has 8 heteroatoms. The number of hydrogen-bond donors (Lipinski definition) is 2. The molecule has 3 rings (SSSR count). The van der Waals surface area contributed by atoms with E-state index in [1.165, 1.54) is 32.0 Å². The highest BCUT2D eigenvalue weighted by molar-refractivity contribution is 14.0. The summed E-state index contributed by atoms with van der Waals surface area (Å²) in [5.74, 6) is 2.16. The van der Waals surface area contributed by atoms with Crippen LogP contribution in [0.5, 0.6) is 5.75 Å². The topological polar surface area (TPSA) is 58.1 Å². The monoisotopic (exact) mass is 520 g/mol. The van der Waals surface area contributed by atoms with E-state index in [4.69, 9.17) is 9.47 Å². The number of fused-ring (bicyclic) bond motifs is 1. The second-order valence-corrected chi connectivity index (χ2v) is 7.72. The molecule has 0 amide bonds. The molecule has 2 N–H and O–H groups in total. The Kier molecular flexibility index (Phi) is 10.4. The van der Waals surface area contributed by atoms with Gasteiger partial charge in [-0.1, -0.05) is 6.92 Å². The van der Waals surface area contributed by atoms with Crippen molar-refractivity contribution in [2.45, 2.75) is 39.2 Å². The quantitative estimate of drug-likeness (QED) is 0.251. The molecular weight excluding hydrogens is 486 g/mol. The molecule has 0 bridgehead atoms. The van der Waals surface area contributed by atoms with Gasteiger partial charge in [0.15, 0.2) is 12.8 Å². The molecule has 2 aliphatic heterocycles. The third kappa shape index (κ3) is 7.57. The molecule has 0 atom stereocenters. The third-order valence-electron chi connectivity index (χ3n) is 5.48. The maximum atomic E-state index is 13.8. The number of ether oxygens (including phenoxy) is 2. The summed E-state index contributed by atoms with van der Waals surface area (Å²) in [7, 11) is 1.77. The summed E-state index contributed by atoms with van der Waals surface area (Å²) in [6.07, 6.45) is 4.39. The molecule has 1 aromatic rings. The third-order valence-corrected chi connectivity index (χ3v) is 5.48. The van der Waals surface area contributed by atoms with E-state index in [0.717, 1.165) is 48.3 Å². The molecule has 0 spiro atoms. The Morgan fingerprint density at radius 2 is 2.00 bits per heavy atom. The summed E-state index contributed by atoms with van der Waals surface area (Å²) < 4.78 is 24.6. The molecule has 1 fully saturated rings. The van der Waals surface area contributed by atoms with Gasteiger partial charge in [0.05, 0.1) is 6.61 Å². The average Bonchev–Trinajstić information content (AvgIpc) is 2.71. The second kappa shape index (κ2) is 12.5. The molecule has 164 valence electrons. The molecule has 0 aromatic heterocycles. The van der Waals surface area contributed by atoms with Gasteiger partial charge in [-0.2, -0.15) is 0 Å². The van der Waals surface area contributed by atoms with Gasteiger partial charge < -0.3 is 25.0 Å². The molecule has 1 saturated heterocycles. The van der Waals surface area contributed by atoms with Gasteiger partial charge in [-0.05, 0) is 68.9 Å². The van der Waals surface area contributed by atoms with Gasteiger partial charge in [-0.15, -0.1) is 24.0 Å². The first-order valence-electron chi connectivity index (χ1n) is 10.3. The first-order chi connectivity index (χ1) is 13.7. The van der Waals surface area contributed by atoms with E-state index in [-0.39, 0.29) is 36.6 Å². The number of piperidine rings is 1. The molecule has 0 aliphatic carbocycles. The zero-order valence-corrected chi connectivity index (χ0v) is 19.8. The minimum absolute atomic E-state index is 0. The molecule has 0 saturated carbocycles. The summed E-state index contributed by atoms with van der Waals surface area (Å²) in [4.78, 5) is 6.82. The molecule has 1 aromatic carbocycles. The van der Waals surface area contributed by atoms with Gasteiger partial charge in [0, 0.05) is 25.7 Å². The molecule has 6 nitrogen and oxygen atoms in total. The summed E-state index contributed by atoms with van der Waals surface area (Å²) in [6, 6.07) is 3.02. The lowest BCUT2D eigenvalue weighted by Crippen LogP contribution is -2.40. The van der Waals surface area contributed by atoms with Crippen molar-refractivity contribution in [3.8, 4) is 5.75 Å². The Morgan fingerprint density at radius 1 is 1.24 bits per heavy atom. The second-order valence-electron chi connectivity index (χ2n) is 7.72. The van der Waals surface area contributed by atoms with Crippen molar-refractivity contribution < 1.29 is 13.9 Å². The Morgan fingerprint density at radius 3 is 2.76 bits per heavy atom. The van der Waals surface area contributed by atoms with Crippen LogP contribution in [0.25, 0.3) is 0 Å². The molecule has 0 radical (unpaired) electrons. The fourth-order valence-electron chi connectivity index (χ4n) is 3.77. The largest absolute Gasteiger partial charge is 0.467 e. The van der Waals surface area contributed by atoms with Gasteiger partial charge in [0.2, 0.25) is 0 Å². The summed E-state index contributed by atoms with van der Waals surface area (Å²) >= 11 is 0. The van der Waals surface area contributed by atoms with Crippen LogP contribution in [-0.4, -0.2) is 57.4 Å². The predicted molar refractivity (Wildman–Crippen MR) is 125 cm³/mol. The van der Waals surface area contributed by atoms with Crippen molar-refractivity contribution in [3.05, 3.63) is 29.1 Å². The highest BCUT2D eigenvalue weighted by atomic mass is 127. The number of halogens is 2. The van der Waals surface area contributed by atoms with Crippen molar-refractivity contribution in [3.63, 3.8) is 0 Å². The Balaban J connectivity index is 0.00000300. The number of nitrogens with one attached hydrogen (secondary N) is 2. The van der Waals surface area contributed by atoms with Gasteiger partial charge >= 0.3 is 0 Å². The van der Waals surface area contributed by atoms with Crippen LogP contribution < -0.4 is 15.4 Å². The highest BCUT2D eigenvalue weighted by Crippen LogP contribution is 2.29. The number of benzene rings is 1. The number of rotatable bonds is 7. The normalized spacial score (nSPS) is 17.8. The summed E-state index contributed by atoms with van der Waals surface area (Å²) in [5, 5.41) is 6.67. The van der Waals surface area contributed by atoms with Crippen LogP contribution in [0.1, 0.15) is 37.3 Å². The first-order valence-corrected chi connectivity index (χ1v) is 10.3. The van der Waals surface area contributed by atoms with Crippen LogP contribution in [0, 0.1) is 11.7 Å². The molecular formula is C21H34FIN4O2.